The van der Waals surface area contributed by atoms with E-state index in [-0.39, 0.29) is 26.2 Å². The number of benzene rings is 4. The minimum atomic E-state index is -1.23. The van der Waals surface area contributed by atoms with Gasteiger partial charge in [0.25, 0.3) is 5.91 Å². The van der Waals surface area contributed by atoms with Crippen LogP contribution in [0.3, 0.4) is 0 Å². The third kappa shape index (κ3) is 11.8. The quantitative estimate of drug-likeness (QED) is 0.0811. The number of para-hydroxylation sites is 1. The molecule has 0 aliphatic rings. The third-order valence-electron chi connectivity index (χ3n) is 8.58. The molecule has 0 saturated carbocycles. The Hall–Kier alpha value is -6.96. The maximum atomic E-state index is 13.7. The van der Waals surface area contributed by atoms with E-state index in [2.05, 4.69) is 21.3 Å². The Kier molecular flexibility index (Phi) is 14.3. The Labute approximate surface area is 323 Å². The van der Waals surface area contributed by atoms with Crippen LogP contribution in [-0.4, -0.2) is 65.1 Å². The van der Waals surface area contributed by atoms with Crippen LogP contribution < -0.4 is 21.3 Å². The lowest BCUT2D eigenvalue weighted by atomic mass is 10.0. The highest BCUT2D eigenvalue weighted by Crippen LogP contribution is 2.24. The smallest absolute Gasteiger partial charge is 0.408 e. The monoisotopic (exact) mass is 761 g/mol. The molecule has 290 valence electrons. The second-order valence-electron chi connectivity index (χ2n) is 12.9. The lowest BCUT2D eigenvalue weighted by Crippen LogP contribution is -2.50. The number of ether oxygens (including phenoxy) is 3. The van der Waals surface area contributed by atoms with Gasteiger partial charge in [-0.25, -0.2) is 14.4 Å². The molecule has 1 heterocycles. The average Bonchev–Trinajstić information content (AvgIpc) is 3.58. The van der Waals surface area contributed by atoms with Crippen LogP contribution >= 0.6 is 0 Å². The fourth-order valence-corrected chi connectivity index (χ4v) is 5.62. The minimum absolute atomic E-state index is 0.0117. The molecule has 5 rings (SSSR count). The Bertz CT molecular complexity index is 2120. The lowest BCUT2D eigenvalue weighted by molar-refractivity contribution is -0.149. The summed E-state index contributed by atoms with van der Waals surface area (Å²) in [7, 11) is 0. The van der Waals surface area contributed by atoms with Crippen LogP contribution in [0.2, 0.25) is 0 Å². The third-order valence-corrected chi connectivity index (χ3v) is 8.58. The first-order valence-corrected chi connectivity index (χ1v) is 17.9. The van der Waals surface area contributed by atoms with E-state index in [9.17, 15) is 28.8 Å². The van der Waals surface area contributed by atoms with Crippen molar-refractivity contribution in [2.45, 2.75) is 58.2 Å². The highest BCUT2D eigenvalue weighted by atomic mass is 16.6. The van der Waals surface area contributed by atoms with Gasteiger partial charge in [-0.3, -0.25) is 19.0 Å². The maximum Gasteiger partial charge on any atom is 0.408 e. The second-order valence-corrected chi connectivity index (χ2v) is 12.9. The number of aromatic nitrogens is 1. The Morgan fingerprint density at radius 3 is 1.62 bits per heavy atom. The van der Waals surface area contributed by atoms with Gasteiger partial charge in [0.2, 0.25) is 11.8 Å². The molecule has 0 aliphatic heterocycles. The van der Waals surface area contributed by atoms with E-state index >= 15 is 0 Å². The van der Waals surface area contributed by atoms with Crippen molar-refractivity contribution < 1.29 is 43.0 Å². The average molecular weight is 762 g/mol. The van der Waals surface area contributed by atoms with E-state index in [1.807, 2.05) is 42.5 Å². The van der Waals surface area contributed by atoms with E-state index < -0.39 is 60.5 Å². The molecule has 0 saturated heterocycles. The number of carbonyl (C=O) groups excluding carboxylic acids is 6. The molecular formula is C42H43N5O9. The zero-order valence-corrected chi connectivity index (χ0v) is 30.9. The molecule has 4 aromatic carbocycles. The molecule has 0 bridgehead atoms. The molecule has 56 heavy (non-hydrogen) atoms. The van der Waals surface area contributed by atoms with Crippen LogP contribution in [0.5, 0.6) is 0 Å². The second kappa shape index (κ2) is 19.9. The summed E-state index contributed by atoms with van der Waals surface area (Å²) < 4.78 is 17.4. The summed E-state index contributed by atoms with van der Waals surface area (Å²) in [5.41, 5.74) is 3.33. The van der Waals surface area contributed by atoms with Gasteiger partial charge in [0.1, 0.15) is 37.9 Å². The molecule has 0 unspecified atom stereocenters. The van der Waals surface area contributed by atoms with Crippen LogP contribution in [0, 0.1) is 0 Å². The maximum absolute atomic E-state index is 13.7. The molecule has 5 aromatic rings. The number of hydrogen-bond donors (Lipinski definition) is 4. The van der Waals surface area contributed by atoms with E-state index in [1.165, 1.54) is 18.4 Å². The standard InChI is InChI=1S/C42H43N5O9/c1-28(44-41(52)55-26-31-16-8-4-9-17-31)38(49)43-23-37(48)46-35(40(51)54-25-30-14-6-3-7-15-30)22-33-24-47(36-21-13-12-20-34(33)36)39(50)29(2)45-42(53)56-27-32-18-10-5-11-19-32/h3-21,24,28-29,35H,22-23,25-27H2,1-2H3,(H,43,49)(H,44,52)(H,45,53)(H,46,48)/t28-,29-,35-/m0/s1. The summed E-state index contributed by atoms with van der Waals surface area (Å²) in [4.78, 5) is 77.9. The Morgan fingerprint density at radius 2 is 1.07 bits per heavy atom. The van der Waals surface area contributed by atoms with Gasteiger partial charge in [-0.1, -0.05) is 109 Å². The number of rotatable bonds is 16. The van der Waals surface area contributed by atoms with Crippen molar-refractivity contribution in [1.29, 1.82) is 0 Å². The summed E-state index contributed by atoms with van der Waals surface area (Å²) >= 11 is 0. The molecule has 4 amide bonds. The summed E-state index contributed by atoms with van der Waals surface area (Å²) in [6, 6.07) is 30.9. The van der Waals surface area contributed by atoms with Crippen molar-refractivity contribution >= 4 is 46.8 Å². The molecule has 14 heteroatoms. The number of hydrogen-bond acceptors (Lipinski definition) is 9. The van der Waals surface area contributed by atoms with Crippen LogP contribution in [-0.2, 0) is 54.8 Å². The molecule has 1 aromatic heterocycles. The van der Waals surface area contributed by atoms with Gasteiger partial charge in [0.15, 0.2) is 0 Å². The summed E-state index contributed by atoms with van der Waals surface area (Å²) in [6.45, 7) is 2.43. The van der Waals surface area contributed by atoms with Gasteiger partial charge in [-0.15, -0.1) is 0 Å². The number of carbonyl (C=O) groups is 6. The van der Waals surface area contributed by atoms with E-state index in [4.69, 9.17) is 14.2 Å². The van der Waals surface area contributed by atoms with Gasteiger partial charge in [-0.2, -0.15) is 0 Å². The largest absolute Gasteiger partial charge is 0.459 e. The zero-order chi connectivity index (χ0) is 39.9. The van der Waals surface area contributed by atoms with Gasteiger partial charge in [0, 0.05) is 18.0 Å². The van der Waals surface area contributed by atoms with Crippen LogP contribution in [0.4, 0.5) is 9.59 Å². The van der Waals surface area contributed by atoms with Gasteiger partial charge < -0.3 is 35.5 Å². The van der Waals surface area contributed by atoms with E-state index in [0.717, 1.165) is 16.7 Å². The number of nitrogens with one attached hydrogen (secondary N) is 4. The molecule has 4 N–H and O–H groups in total. The topological polar surface area (TPSA) is 183 Å². The van der Waals surface area contributed by atoms with Crippen molar-refractivity contribution in [2.75, 3.05) is 6.54 Å². The van der Waals surface area contributed by atoms with Gasteiger partial charge >= 0.3 is 18.2 Å². The molecule has 14 nitrogen and oxygen atoms in total. The number of esters is 1. The molecule has 3 atom stereocenters. The van der Waals surface area contributed by atoms with E-state index in [0.29, 0.717) is 16.5 Å². The summed E-state index contributed by atoms with van der Waals surface area (Å²) in [5.74, 6) is -2.58. The van der Waals surface area contributed by atoms with Crippen molar-refractivity contribution in [1.82, 2.24) is 25.8 Å². The number of alkyl carbamates (subject to hydrolysis) is 2. The Balaban J connectivity index is 1.23. The highest BCUT2D eigenvalue weighted by molar-refractivity contribution is 5.98. The van der Waals surface area contributed by atoms with Gasteiger partial charge in [0.05, 0.1) is 12.1 Å². The number of fused-ring (bicyclic) bond motifs is 1. The zero-order valence-electron chi connectivity index (χ0n) is 30.9. The van der Waals surface area contributed by atoms with E-state index in [1.54, 1.807) is 79.0 Å². The first-order chi connectivity index (χ1) is 27.1. The summed E-state index contributed by atoms with van der Waals surface area (Å²) in [5, 5.41) is 10.7. The van der Waals surface area contributed by atoms with Crippen LogP contribution in [0.1, 0.15) is 40.9 Å². The first-order valence-electron chi connectivity index (χ1n) is 17.9. The first kappa shape index (κ1) is 40.2. The Morgan fingerprint density at radius 1 is 0.589 bits per heavy atom. The van der Waals surface area contributed by atoms with Crippen LogP contribution in [0.15, 0.2) is 121 Å². The number of amides is 4. The van der Waals surface area contributed by atoms with Crippen molar-refractivity contribution in [2.24, 2.45) is 0 Å². The van der Waals surface area contributed by atoms with Crippen molar-refractivity contribution in [3.05, 3.63) is 144 Å². The lowest BCUT2D eigenvalue weighted by Gasteiger charge is -2.19. The molecule has 0 aliphatic carbocycles. The molecule has 0 fully saturated rings. The normalized spacial score (nSPS) is 12.3. The summed E-state index contributed by atoms with van der Waals surface area (Å²) in [6.07, 6.45) is -0.111. The predicted octanol–water partition coefficient (Wildman–Crippen LogP) is 4.80. The molecular weight excluding hydrogens is 718 g/mol. The number of nitrogens with zero attached hydrogens (tertiary/aromatic N) is 1. The highest BCUT2D eigenvalue weighted by Gasteiger charge is 2.27. The predicted molar refractivity (Wildman–Crippen MR) is 206 cm³/mol. The van der Waals surface area contributed by atoms with Crippen molar-refractivity contribution in [3.8, 4) is 0 Å². The fraction of sp³-hybridized carbons (Fsp3) is 0.238. The SMILES string of the molecule is C[C@H](NC(=O)OCc1ccccc1)C(=O)NCC(=O)N[C@@H](Cc1cn(C(=O)[C@H](C)NC(=O)OCc2ccccc2)c2ccccc12)C(=O)OCc1ccccc1. The fourth-order valence-electron chi connectivity index (χ4n) is 5.62. The van der Waals surface area contributed by atoms with Gasteiger partial charge in [-0.05, 0) is 42.2 Å². The molecule has 0 spiro atoms. The molecule has 0 radical (unpaired) electrons. The van der Waals surface area contributed by atoms with Crippen LogP contribution in [0.25, 0.3) is 10.9 Å². The van der Waals surface area contributed by atoms with Crippen molar-refractivity contribution in [3.63, 3.8) is 0 Å². The minimum Gasteiger partial charge on any atom is -0.459 e.